The number of H-pyrrole nitrogens is 2. The Bertz CT molecular complexity index is 1680. The van der Waals surface area contributed by atoms with Crippen molar-refractivity contribution in [2.75, 3.05) is 12.4 Å². The van der Waals surface area contributed by atoms with E-state index >= 15 is 0 Å². The summed E-state index contributed by atoms with van der Waals surface area (Å²) in [6.07, 6.45) is 11.8. The third-order valence-electron chi connectivity index (χ3n) is 6.17. The van der Waals surface area contributed by atoms with Gasteiger partial charge in [-0.2, -0.15) is 15.3 Å². The summed E-state index contributed by atoms with van der Waals surface area (Å²) < 4.78 is 5.66. The number of anilines is 1. The molecule has 0 aliphatic carbocycles. The van der Waals surface area contributed by atoms with E-state index in [1.807, 2.05) is 6.07 Å². The second kappa shape index (κ2) is 9.57. The molecular weight excluding hydrogens is 470 g/mol. The fourth-order valence-corrected chi connectivity index (χ4v) is 4.40. The molecule has 0 aromatic carbocycles. The van der Waals surface area contributed by atoms with Gasteiger partial charge in [-0.25, -0.2) is 24.9 Å². The van der Waals surface area contributed by atoms with E-state index in [-0.39, 0.29) is 6.04 Å². The minimum absolute atomic E-state index is 0.113. The number of aromatic nitrogens is 10. The van der Waals surface area contributed by atoms with Crippen LogP contribution in [0.25, 0.3) is 44.6 Å². The van der Waals surface area contributed by atoms with Crippen LogP contribution in [0.15, 0.2) is 55.6 Å². The third-order valence-corrected chi connectivity index (χ3v) is 6.17. The molecule has 37 heavy (non-hydrogen) atoms. The van der Waals surface area contributed by atoms with E-state index < -0.39 is 0 Å². The van der Waals surface area contributed by atoms with Crippen LogP contribution in [0, 0.1) is 0 Å². The number of rotatable bonds is 8. The predicted octanol–water partition coefficient (Wildman–Crippen LogP) is 4.11. The molecule has 0 bridgehead atoms. The fraction of sp³-hybridized carbons (Fsp3) is 0.200. The molecule has 0 saturated heterocycles. The molecule has 12 heteroatoms. The molecule has 0 spiro atoms. The molecule has 0 radical (unpaired) electrons. The maximum absolute atomic E-state index is 5.66. The average Bonchev–Trinajstić information content (AvgIpc) is 3.60. The van der Waals surface area contributed by atoms with Gasteiger partial charge in [0.1, 0.15) is 11.8 Å². The van der Waals surface area contributed by atoms with Gasteiger partial charge in [-0.3, -0.25) is 5.10 Å². The maximum Gasteiger partial charge on any atom is 0.218 e. The number of hydrogen-bond acceptors (Lipinski definition) is 10. The van der Waals surface area contributed by atoms with Crippen molar-refractivity contribution in [3.63, 3.8) is 0 Å². The smallest absolute Gasteiger partial charge is 0.218 e. The highest BCUT2D eigenvalue weighted by atomic mass is 16.5. The highest BCUT2D eigenvalue weighted by molar-refractivity contribution is 5.93. The zero-order valence-electron chi connectivity index (χ0n) is 20.2. The van der Waals surface area contributed by atoms with Crippen molar-refractivity contribution in [3.05, 3.63) is 61.2 Å². The van der Waals surface area contributed by atoms with Gasteiger partial charge in [0.25, 0.3) is 0 Å². The van der Waals surface area contributed by atoms with Gasteiger partial charge in [-0.1, -0.05) is 13.3 Å². The standard InChI is InChI=1S/C25H23N11O/c1-3-4-19(34-24-21-23(29-12-28-21)30-13-31-24)17-7-15(10-27-25(17)37-2)16-8-18-20(14-5-6-32-33-11-14)35-36-22(18)26-9-16/h5-13,19H,3-4H2,1-2H3,(H,26,35,36)(H2,28,29,30,31,34). The van der Waals surface area contributed by atoms with E-state index in [1.165, 1.54) is 6.33 Å². The number of nitrogens with one attached hydrogen (secondary N) is 3. The van der Waals surface area contributed by atoms with E-state index in [4.69, 9.17) is 4.74 Å². The molecule has 184 valence electrons. The molecule has 3 N–H and O–H groups in total. The lowest BCUT2D eigenvalue weighted by Gasteiger charge is -2.21. The monoisotopic (exact) mass is 493 g/mol. The molecule has 12 nitrogen and oxygen atoms in total. The summed E-state index contributed by atoms with van der Waals surface area (Å²) in [5.74, 6) is 1.22. The van der Waals surface area contributed by atoms with Crippen LogP contribution in [-0.4, -0.2) is 57.4 Å². The zero-order valence-corrected chi connectivity index (χ0v) is 20.2. The molecule has 1 atom stereocenters. The number of pyridine rings is 2. The first-order valence-corrected chi connectivity index (χ1v) is 11.8. The normalized spacial score (nSPS) is 12.2. The molecular formula is C25H23N11O. The van der Waals surface area contributed by atoms with Crippen molar-refractivity contribution < 1.29 is 4.74 Å². The minimum Gasteiger partial charge on any atom is -0.481 e. The summed E-state index contributed by atoms with van der Waals surface area (Å²) in [5, 5.41) is 19.7. The van der Waals surface area contributed by atoms with Crippen LogP contribution in [0.5, 0.6) is 5.88 Å². The SMILES string of the molecule is CCCC(Nc1ncnc2nc[nH]c12)c1cc(-c2cnc3n[nH]c(-c4ccnnc4)c3c2)cnc1OC. The first kappa shape index (κ1) is 22.5. The molecule has 0 aliphatic heterocycles. The Balaban J connectivity index is 1.41. The van der Waals surface area contributed by atoms with E-state index in [9.17, 15) is 0 Å². The van der Waals surface area contributed by atoms with Gasteiger partial charge in [0.05, 0.1) is 37.6 Å². The van der Waals surface area contributed by atoms with Gasteiger partial charge < -0.3 is 15.0 Å². The van der Waals surface area contributed by atoms with Crippen LogP contribution in [0.2, 0.25) is 0 Å². The Kier molecular flexibility index (Phi) is 5.81. The van der Waals surface area contributed by atoms with Gasteiger partial charge in [0, 0.05) is 40.0 Å². The van der Waals surface area contributed by atoms with E-state index in [0.29, 0.717) is 23.0 Å². The number of aromatic amines is 2. The average molecular weight is 494 g/mol. The largest absolute Gasteiger partial charge is 0.481 e. The molecule has 6 rings (SSSR count). The molecule has 0 amide bonds. The lowest BCUT2D eigenvalue weighted by atomic mass is 9.99. The Hall–Kier alpha value is -5.00. The van der Waals surface area contributed by atoms with Crippen molar-refractivity contribution in [3.8, 4) is 28.3 Å². The maximum atomic E-state index is 5.66. The molecule has 0 aliphatic rings. The summed E-state index contributed by atoms with van der Waals surface area (Å²) in [5.41, 5.74) is 6.41. The first-order chi connectivity index (χ1) is 18.2. The van der Waals surface area contributed by atoms with Gasteiger partial charge in [0.2, 0.25) is 5.88 Å². The highest BCUT2D eigenvalue weighted by Gasteiger charge is 2.21. The van der Waals surface area contributed by atoms with Gasteiger partial charge in [-0.15, -0.1) is 0 Å². The number of nitrogens with zero attached hydrogens (tertiary/aromatic N) is 8. The lowest BCUT2D eigenvalue weighted by molar-refractivity contribution is 0.388. The van der Waals surface area contributed by atoms with Crippen LogP contribution in [-0.2, 0) is 0 Å². The van der Waals surface area contributed by atoms with Crippen molar-refractivity contribution in [1.29, 1.82) is 0 Å². The zero-order chi connectivity index (χ0) is 25.2. The van der Waals surface area contributed by atoms with Gasteiger partial charge in [0.15, 0.2) is 17.1 Å². The molecule has 1 unspecified atom stereocenters. The molecule has 6 aromatic rings. The predicted molar refractivity (Wildman–Crippen MR) is 138 cm³/mol. The van der Waals surface area contributed by atoms with Crippen molar-refractivity contribution in [2.45, 2.75) is 25.8 Å². The summed E-state index contributed by atoms with van der Waals surface area (Å²) in [7, 11) is 1.63. The number of ether oxygens (including phenoxy) is 1. The van der Waals surface area contributed by atoms with Crippen LogP contribution in [0.3, 0.4) is 0 Å². The van der Waals surface area contributed by atoms with Gasteiger partial charge in [-0.05, 0) is 24.6 Å². The Morgan fingerprint density at radius 2 is 1.84 bits per heavy atom. The number of methoxy groups -OCH3 is 1. The van der Waals surface area contributed by atoms with Crippen molar-refractivity contribution in [2.24, 2.45) is 0 Å². The number of hydrogen-bond donors (Lipinski definition) is 3. The van der Waals surface area contributed by atoms with E-state index in [1.54, 1.807) is 38.2 Å². The van der Waals surface area contributed by atoms with Crippen molar-refractivity contribution in [1.82, 2.24) is 50.3 Å². The first-order valence-electron chi connectivity index (χ1n) is 11.8. The molecule has 6 aromatic heterocycles. The minimum atomic E-state index is -0.113. The van der Waals surface area contributed by atoms with Crippen LogP contribution in [0.1, 0.15) is 31.4 Å². The second-order valence-corrected chi connectivity index (χ2v) is 8.46. The molecule has 6 heterocycles. The summed E-state index contributed by atoms with van der Waals surface area (Å²) in [6.45, 7) is 2.14. The highest BCUT2D eigenvalue weighted by Crippen LogP contribution is 2.35. The lowest BCUT2D eigenvalue weighted by Crippen LogP contribution is -2.14. The number of imidazole rings is 1. The number of fused-ring (bicyclic) bond motifs is 2. The fourth-order valence-electron chi connectivity index (χ4n) is 4.40. The van der Waals surface area contributed by atoms with Gasteiger partial charge >= 0.3 is 0 Å². The quantitative estimate of drug-likeness (QED) is 0.282. The van der Waals surface area contributed by atoms with E-state index in [0.717, 1.165) is 51.7 Å². The van der Waals surface area contributed by atoms with Crippen LogP contribution < -0.4 is 10.1 Å². The summed E-state index contributed by atoms with van der Waals surface area (Å²) >= 11 is 0. The Labute approximate surface area is 211 Å². The second-order valence-electron chi connectivity index (χ2n) is 8.46. The third kappa shape index (κ3) is 4.18. The Morgan fingerprint density at radius 1 is 0.946 bits per heavy atom. The molecule has 0 fully saturated rings. The van der Waals surface area contributed by atoms with Crippen LogP contribution in [0.4, 0.5) is 5.82 Å². The summed E-state index contributed by atoms with van der Waals surface area (Å²) in [4.78, 5) is 25.2. The van der Waals surface area contributed by atoms with Crippen LogP contribution >= 0.6 is 0 Å². The molecule has 0 saturated carbocycles. The summed E-state index contributed by atoms with van der Waals surface area (Å²) in [6, 6.07) is 5.90. The topological polar surface area (TPSA) is 156 Å². The Morgan fingerprint density at radius 3 is 2.68 bits per heavy atom. The van der Waals surface area contributed by atoms with E-state index in [2.05, 4.69) is 74.7 Å². The van der Waals surface area contributed by atoms with Crippen molar-refractivity contribution >= 4 is 28.0 Å².